The van der Waals surface area contributed by atoms with Crippen LogP contribution in [0.15, 0.2) is 30.0 Å². The summed E-state index contributed by atoms with van der Waals surface area (Å²) >= 11 is 0. The van der Waals surface area contributed by atoms with Crippen LogP contribution in [-0.2, 0) is 0 Å². The second kappa shape index (κ2) is 4.66. The Morgan fingerprint density at radius 1 is 1.50 bits per heavy atom. The average Bonchev–Trinajstić information content (AvgIpc) is 2.29. The Morgan fingerprint density at radius 3 is 3.00 bits per heavy atom. The van der Waals surface area contributed by atoms with Gasteiger partial charge in [-0.3, -0.25) is 0 Å². The predicted octanol–water partition coefficient (Wildman–Crippen LogP) is 2.29. The zero-order chi connectivity index (χ0) is 11.5. The molecule has 1 N–H and O–H groups in total. The molecule has 0 radical (unpaired) electrons. The largest absolute Gasteiger partial charge is 0.389 e. The fraction of sp³-hybridized carbons (Fsp3) is 0.462. The first-order valence-electron chi connectivity index (χ1n) is 5.72. The van der Waals surface area contributed by atoms with Crippen LogP contribution in [-0.4, -0.2) is 23.2 Å². The van der Waals surface area contributed by atoms with E-state index in [1.165, 1.54) is 5.57 Å². The number of aliphatic hydroxyl groups excluding tert-OH is 1. The molecule has 1 aliphatic rings. The standard InChI is InChI=1S/C13H18N2O/c1-10-5-4-8-15(9-10)13-12(11(2)16)6-3-7-14-13/h3,5-7,11,16H,4,8-9H2,1-2H3/t11-/m0/s1. The average molecular weight is 218 g/mol. The Labute approximate surface area is 96.4 Å². The third kappa shape index (κ3) is 2.25. The van der Waals surface area contributed by atoms with Gasteiger partial charge >= 0.3 is 0 Å². The molecule has 1 aromatic heterocycles. The van der Waals surface area contributed by atoms with Gasteiger partial charge in [-0.2, -0.15) is 0 Å². The molecule has 0 saturated carbocycles. The van der Waals surface area contributed by atoms with Gasteiger partial charge in [-0.25, -0.2) is 4.98 Å². The van der Waals surface area contributed by atoms with E-state index in [1.807, 2.05) is 12.1 Å². The number of anilines is 1. The summed E-state index contributed by atoms with van der Waals surface area (Å²) in [6, 6.07) is 3.82. The fourth-order valence-corrected chi connectivity index (χ4v) is 2.09. The molecule has 0 unspecified atom stereocenters. The van der Waals surface area contributed by atoms with Gasteiger partial charge in [-0.15, -0.1) is 0 Å². The van der Waals surface area contributed by atoms with Gasteiger partial charge in [0, 0.05) is 24.8 Å². The number of hydrogen-bond acceptors (Lipinski definition) is 3. The van der Waals surface area contributed by atoms with Gasteiger partial charge in [0.05, 0.1) is 6.10 Å². The minimum atomic E-state index is -0.463. The highest BCUT2D eigenvalue weighted by molar-refractivity contribution is 5.49. The molecule has 0 bridgehead atoms. The summed E-state index contributed by atoms with van der Waals surface area (Å²) in [6.45, 7) is 5.81. The summed E-state index contributed by atoms with van der Waals surface area (Å²) in [4.78, 5) is 6.63. The molecule has 1 aliphatic heterocycles. The number of pyridine rings is 1. The quantitative estimate of drug-likeness (QED) is 0.774. The Hall–Kier alpha value is -1.35. The van der Waals surface area contributed by atoms with Crippen molar-refractivity contribution in [3.63, 3.8) is 0 Å². The Kier molecular flexibility index (Phi) is 3.25. The van der Waals surface area contributed by atoms with Crippen molar-refractivity contribution in [2.45, 2.75) is 26.4 Å². The molecule has 1 aromatic rings. The van der Waals surface area contributed by atoms with Crippen LogP contribution in [0.5, 0.6) is 0 Å². The Morgan fingerprint density at radius 2 is 2.31 bits per heavy atom. The van der Waals surface area contributed by atoms with Crippen molar-refractivity contribution in [3.8, 4) is 0 Å². The summed E-state index contributed by atoms with van der Waals surface area (Å²) in [6.07, 6.45) is 4.65. The monoisotopic (exact) mass is 218 g/mol. The SMILES string of the molecule is CC1=CCCN(c2ncccc2[C@H](C)O)C1. The minimum Gasteiger partial charge on any atom is -0.389 e. The number of hydrogen-bond donors (Lipinski definition) is 1. The second-order valence-electron chi connectivity index (χ2n) is 4.35. The number of nitrogens with zero attached hydrogens (tertiary/aromatic N) is 2. The van der Waals surface area contributed by atoms with Crippen molar-refractivity contribution in [3.05, 3.63) is 35.5 Å². The molecular formula is C13H18N2O. The molecule has 0 fully saturated rings. The number of rotatable bonds is 2. The lowest BCUT2D eigenvalue weighted by Gasteiger charge is -2.29. The number of aromatic nitrogens is 1. The van der Waals surface area contributed by atoms with Gasteiger partial charge in [-0.05, 0) is 26.3 Å². The van der Waals surface area contributed by atoms with Crippen molar-refractivity contribution in [2.75, 3.05) is 18.0 Å². The molecule has 0 spiro atoms. The molecule has 0 amide bonds. The first-order chi connectivity index (χ1) is 7.68. The Bertz CT molecular complexity index is 399. The Balaban J connectivity index is 2.29. The highest BCUT2D eigenvalue weighted by Crippen LogP contribution is 2.25. The van der Waals surface area contributed by atoms with Crippen LogP contribution in [0.1, 0.15) is 31.9 Å². The van der Waals surface area contributed by atoms with Gasteiger partial charge < -0.3 is 10.0 Å². The maximum atomic E-state index is 9.72. The van der Waals surface area contributed by atoms with Crippen LogP contribution in [0.4, 0.5) is 5.82 Å². The maximum Gasteiger partial charge on any atom is 0.134 e. The lowest BCUT2D eigenvalue weighted by atomic mass is 10.1. The van der Waals surface area contributed by atoms with Crippen molar-refractivity contribution in [1.82, 2.24) is 4.98 Å². The lowest BCUT2D eigenvalue weighted by molar-refractivity contribution is 0.199. The second-order valence-corrected chi connectivity index (χ2v) is 4.35. The molecular weight excluding hydrogens is 200 g/mol. The normalized spacial score (nSPS) is 18.2. The van der Waals surface area contributed by atoms with Crippen LogP contribution >= 0.6 is 0 Å². The first kappa shape index (κ1) is 11.1. The molecule has 3 heteroatoms. The van der Waals surface area contributed by atoms with Crippen LogP contribution in [0.2, 0.25) is 0 Å². The minimum absolute atomic E-state index is 0.463. The van der Waals surface area contributed by atoms with Crippen LogP contribution in [0.3, 0.4) is 0 Å². The molecule has 0 aliphatic carbocycles. The van der Waals surface area contributed by atoms with E-state index >= 15 is 0 Å². The van der Waals surface area contributed by atoms with Gasteiger partial charge in [0.2, 0.25) is 0 Å². The van der Waals surface area contributed by atoms with E-state index in [9.17, 15) is 5.11 Å². The van der Waals surface area contributed by atoms with Crippen LogP contribution in [0, 0.1) is 0 Å². The molecule has 0 aromatic carbocycles. The van der Waals surface area contributed by atoms with Gasteiger partial charge in [-0.1, -0.05) is 17.7 Å². The first-order valence-corrected chi connectivity index (χ1v) is 5.72. The molecule has 0 saturated heterocycles. The topological polar surface area (TPSA) is 36.4 Å². The molecule has 1 atom stereocenters. The van der Waals surface area contributed by atoms with E-state index in [-0.39, 0.29) is 0 Å². The summed E-state index contributed by atoms with van der Waals surface area (Å²) in [5, 5.41) is 9.72. The zero-order valence-electron chi connectivity index (χ0n) is 9.85. The summed E-state index contributed by atoms with van der Waals surface area (Å²) < 4.78 is 0. The molecule has 3 nitrogen and oxygen atoms in total. The maximum absolute atomic E-state index is 9.72. The van der Waals surface area contributed by atoms with E-state index in [0.717, 1.165) is 30.9 Å². The summed E-state index contributed by atoms with van der Waals surface area (Å²) in [7, 11) is 0. The van der Waals surface area contributed by atoms with Crippen LogP contribution in [0.25, 0.3) is 0 Å². The smallest absolute Gasteiger partial charge is 0.134 e. The van der Waals surface area contributed by atoms with Gasteiger partial charge in [0.1, 0.15) is 5.82 Å². The van der Waals surface area contributed by atoms with Crippen molar-refractivity contribution < 1.29 is 5.11 Å². The van der Waals surface area contributed by atoms with E-state index in [4.69, 9.17) is 0 Å². The highest BCUT2D eigenvalue weighted by Gasteiger charge is 2.17. The third-order valence-corrected chi connectivity index (χ3v) is 2.90. The van der Waals surface area contributed by atoms with E-state index in [1.54, 1.807) is 13.1 Å². The van der Waals surface area contributed by atoms with E-state index in [2.05, 4.69) is 22.9 Å². The highest BCUT2D eigenvalue weighted by atomic mass is 16.3. The fourth-order valence-electron chi connectivity index (χ4n) is 2.09. The predicted molar refractivity (Wildman–Crippen MR) is 65.5 cm³/mol. The summed E-state index contributed by atoms with van der Waals surface area (Å²) in [5.41, 5.74) is 2.28. The van der Waals surface area contributed by atoms with E-state index in [0.29, 0.717) is 0 Å². The number of aliphatic hydroxyl groups is 1. The molecule has 16 heavy (non-hydrogen) atoms. The van der Waals surface area contributed by atoms with Crippen molar-refractivity contribution in [2.24, 2.45) is 0 Å². The van der Waals surface area contributed by atoms with Gasteiger partial charge in [0.15, 0.2) is 0 Å². The van der Waals surface area contributed by atoms with Crippen molar-refractivity contribution >= 4 is 5.82 Å². The molecule has 86 valence electrons. The summed E-state index contributed by atoms with van der Waals surface area (Å²) in [5.74, 6) is 0.921. The van der Waals surface area contributed by atoms with Crippen molar-refractivity contribution in [1.29, 1.82) is 0 Å². The van der Waals surface area contributed by atoms with E-state index < -0.39 is 6.10 Å². The molecule has 2 heterocycles. The third-order valence-electron chi connectivity index (χ3n) is 2.90. The van der Waals surface area contributed by atoms with Crippen LogP contribution < -0.4 is 4.90 Å². The van der Waals surface area contributed by atoms with Gasteiger partial charge in [0.25, 0.3) is 0 Å². The lowest BCUT2D eigenvalue weighted by Crippen LogP contribution is -2.31. The molecule has 2 rings (SSSR count). The zero-order valence-corrected chi connectivity index (χ0v) is 9.85.